The van der Waals surface area contributed by atoms with Crippen molar-refractivity contribution in [3.05, 3.63) is 42.2 Å². The number of pyridine rings is 1. The summed E-state index contributed by atoms with van der Waals surface area (Å²) in [4.78, 5) is 4.17. The van der Waals surface area contributed by atoms with Crippen LogP contribution in [0.3, 0.4) is 0 Å². The molecule has 0 radical (unpaired) electrons. The Morgan fingerprint density at radius 2 is 2.31 bits per heavy atom. The molecule has 1 aromatic carbocycles. The molecule has 1 aliphatic heterocycles. The second-order valence-electron chi connectivity index (χ2n) is 4.51. The first-order chi connectivity index (χ1) is 7.93. The van der Waals surface area contributed by atoms with Crippen LogP contribution in [0, 0.1) is 0 Å². The Kier molecular flexibility index (Phi) is 2.58. The first-order valence-corrected chi connectivity index (χ1v) is 5.98. The summed E-state index contributed by atoms with van der Waals surface area (Å²) < 4.78 is 0. The smallest absolute Gasteiger partial charge is 0.0346 e. The molecule has 1 aromatic heterocycles. The molecule has 1 aliphatic rings. The molecule has 2 aromatic rings. The van der Waals surface area contributed by atoms with Gasteiger partial charge in [-0.3, -0.25) is 4.98 Å². The zero-order valence-electron chi connectivity index (χ0n) is 9.32. The van der Waals surface area contributed by atoms with Crippen molar-refractivity contribution in [2.45, 2.75) is 25.3 Å². The molecule has 2 heteroatoms. The molecule has 0 bridgehead atoms. The van der Waals surface area contributed by atoms with Gasteiger partial charge in [-0.25, -0.2) is 0 Å². The lowest BCUT2D eigenvalue weighted by atomic mass is 9.99. The third kappa shape index (κ3) is 1.81. The first-order valence-electron chi connectivity index (χ1n) is 5.98. The minimum absolute atomic E-state index is 0.666. The lowest BCUT2D eigenvalue weighted by Gasteiger charge is -2.12. The Labute approximate surface area is 95.7 Å². The number of nitrogens with one attached hydrogen (secondary N) is 1. The highest BCUT2D eigenvalue weighted by molar-refractivity contribution is 5.84. The van der Waals surface area contributed by atoms with E-state index in [0.29, 0.717) is 6.04 Å². The lowest BCUT2D eigenvalue weighted by Crippen LogP contribution is -2.23. The van der Waals surface area contributed by atoms with Crippen LogP contribution in [-0.4, -0.2) is 17.6 Å². The van der Waals surface area contributed by atoms with Crippen molar-refractivity contribution in [3.63, 3.8) is 0 Å². The van der Waals surface area contributed by atoms with Crippen molar-refractivity contribution in [2.75, 3.05) is 6.54 Å². The zero-order valence-corrected chi connectivity index (χ0v) is 9.32. The van der Waals surface area contributed by atoms with Crippen LogP contribution in [0.25, 0.3) is 10.8 Å². The topological polar surface area (TPSA) is 24.9 Å². The van der Waals surface area contributed by atoms with E-state index >= 15 is 0 Å². The molecule has 3 rings (SSSR count). The third-order valence-corrected chi connectivity index (χ3v) is 3.40. The maximum absolute atomic E-state index is 4.17. The number of nitrogens with zero attached hydrogens (tertiary/aromatic N) is 1. The van der Waals surface area contributed by atoms with Gasteiger partial charge in [0.15, 0.2) is 0 Å². The average molecular weight is 212 g/mol. The monoisotopic (exact) mass is 212 g/mol. The van der Waals surface area contributed by atoms with Crippen LogP contribution in [0.2, 0.25) is 0 Å². The van der Waals surface area contributed by atoms with Crippen LogP contribution in [0.4, 0.5) is 0 Å². The van der Waals surface area contributed by atoms with E-state index < -0.39 is 0 Å². The molecule has 2 heterocycles. The molecule has 1 unspecified atom stereocenters. The largest absolute Gasteiger partial charge is 0.314 e. The van der Waals surface area contributed by atoms with Crippen molar-refractivity contribution in [3.8, 4) is 0 Å². The maximum Gasteiger partial charge on any atom is 0.0346 e. The number of benzene rings is 1. The minimum atomic E-state index is 0.666. The van der Waals surface area contributed by atoms with E-state index in [9.17, 15) is 0 Å². The van der Waals surface area contributed by atoms with Crippen molar-refractivity contribution < 1.29 is 0 Å². The van der Waals surface area contributed by atoms with Gasteiger partial charge in [0, 0.05) is 23.8 Å². The molecule has 1 fully saturated rings. The van der Waals surface area contributed by atoms with Gasteiger partial charge in [-0.15, -0.1) is 0 Å². The van der Waals surface area contributed by atoms with Crippen LogP contribution in [0.15, 0.2) is 36.7 Å². The molecular weight excluding hydrogens is 196 g/mol. The highest BCUT2D eigenvalue weighted by atomic mass is 14.9. The average Bonchev–Trinajstić information content (AvgIpc) is 2.82. The molecule has 1 atom stereocenters. The number of rotatable bonds is 2. The molecule has 1 N–H and O–H groups in total. The zero-order chi connectivity index (χ0) is 10.8. The van der Waals surface area contributed by atoms with Crippen LogP contribution in [0.5, 0.6) is 0 Å². The predicted octanol–water partition coefficient (Wildman–Crippen LogP) is 2.53. The van der Waals surface area contributed by atoms with Crippen LogP contribution in [0.1, 0.15) is 18.4 Å². The minimum Gasteiger partial charge on any atom is -0.314 e. The second-order valence-corrected chi connectivity index (χ2v) is 4.51. The lowest BCUT2D eigenvalue weighted by molar-refractivity contribution is 0.605. The quantitative estimate of drug-likeness (QED) is 0.827. The third-order valence-electron chi connectivity index (χ3n) is 3.40. The van der Waals surface area contributed by atoms with Gasteiger partial charge in [0.05, 0.1) is 0 Å². The van der Waals surface area contributed by atoms with E-state index in [1.54, 1.807) is 0 Å². The molecular formula is C14H16N2. The van der Waals surface area contributed by atoms with E-state index in [2.05, 4.69) is 34.6 Å². The normalized spacial score (nSPS) is 20.4. The number of fused-ring (bicyclic) bond motifs is 1. The summed E-state index contributed by atoms with van der Waals surface area (Å²) in [7, 11) is 0. The summed E-state index contributed by atoms with van der Waals surface area (Å²) >= 11 is 0. The molecule has 1 saturated heterocycles. The van der Waals surface area contributed by atoms with Crippen LogP contribution < -0.4 is 5.32 Å². The summed E-state index contributed by atoms with van der Waals surface area (Å²) in [6.07, 6.45) is 7.59. The highest BCUT2D eigenvalue weighted by Crippen LogP contribution is 2.20. The van der Waals surface area contributed by atoms with Gasteiger partial charge in [-0.05, 0) is 42.8 Å². The van der Waals surface area contributed by atoms with Gasteiger partial charge >= 0.3 is 0 Å². The Hall–Kier alpha value is -1.41. The Balaban J connectivity index is 1.96. The Morgan fingerprint density at radius 3 is 3.19 bits per heavy atom. The van der Waals surface area contributed by atoms with Crippen molar-refractivity contribution in [1.29, 1.82) is 0 Å². The number of hydrogen-bond donors (Lipinski definition) is 1. The van der Waals surface area contributed by atoms with Crippen molar-refractivity contribution >= 4 is 10.8 Å². The summed E-state index contributed by atoms with van der Waals surface area (Å²) in [5.74, 6) is 0. The van der Waals surface area contributed by atoms with E-state index in [4.69, 9.17) is 0 Å². The summed E-state index contributed by atoms with van der Waals surface area (Å²) in [6.45, 7) is 1.18. The standard InChI is InChI=1S/C14H16N2/c1-3-11(9-13-5-2-7-16-13)14-6-8-15-10-12(14)4-1/h1,3-4,6,8,10,13,16H,2,5,7,9H2. The van der Waals surface area contributed by atoms with Crippen molar-refractivity contribution in [2.24, 2.45) is 0 Å². The summed E-state index contributed by atoms with van der Waals surface area (Å²) in [5.41, 5.74) is 1.44. The van der Waals surface area contributed by atoms with Crippen LogP contribution in [-0.2, 0) is 6.42 Å². The first kappa shape index (κ1) is 9.79. The van der Waals surface area contributed by atoms with Crippen molar-refractivity contribution in [1.82, 2.24) is 10.3 Å². The Bertz CT molecular complexity index is 482. The molecule has 2 nitrogen and oxygen atoms in total. The molecule has 16 heavy (non-hydrogen) atoms. The fourth-order valence-electron chi connectivity index (χ4n) is 2.56. The van der Waals surface area contributed by atoms with Crippen LogP contribution >= 0.6 is 0 Å². The van der Waals surface area contributed by atoms with Gasteiger partial charge in [0.1, 0.15) is 0 Å². The molecule has 0 spiro atoms. The van der Waals surface area contributed by atoms with Gasteiger partial charge in [-0.1, -0.05) is 18.2 Å². The second kappa shape index (κ2) is 4.22. The fraction of sp³-hybridized carbons (Fsp3) is 0.357. The van der Waals surface area contributed by atoms with E-state index in [1.165, 1.54) is 35.7 Å². The maximum atomic E-state index is 4.17. The van der Waals surface area contributed by atoms with Gasteiger partial charge in [-0.2, -0.15) is 0 Å². The molecule has 0 saturated carbocycles. The summed E-state index contributed by atoms with van der Waals surface area (Å²) in [6, 6.07) is 9.29. The number of hydrogen-bond acceptors (Lipinski definition) is 2. The van der Waals surface area contributed by atoms with E-state index in [1.807, 2.05) is 12.4 Å². The molecule has 0 aliphatic carbocycles. The summed E-state index contributed by atoms with van der Waals surface area (Å²) in [5, 5.41) is 6.16. The van der Waals surface area contributed by atoms with Gasteiger partial charge in [0.25, 0.3) is 0 Å². The Morgan fingerprint density at radius 1 is 1.31 bits per heavy atom. The predicted molar refractivity (Wildman–Crippen MR) is 66.5 cm³/mol. The highest BCUT2D eigenvalue weighted by Gasteiger charge is 2.15. The van der Waals surface area contributed by atoms with E-state index in [-0.39, 0.29) is 0 Å². The number of aromatic nitrogens is 1. The van der Waals surface area contributed by atoms with Gasteiger partial charge in [0.2, 0.25) is 0 Å². The SMILES string of the molecule is c1cc(CC2CCCN2)c2ccncc2c1. The molecule has 0 amide bonds. The molecule has 82 valence electrons. The van der Waals surface area contributed by atoms with Gasteiger partial charge < -0.3 is 5.32 Å². The van der Waals surface area contributed by atoms with E-state index in [0.717, 1.165) is 6.42 Å². The fourth-order valence-corrected chi connectivity index (χ4v) is 2.56.